The van der Waals surface area contributed by atoms with E-state index >= 15 is 4.79 Å². The quantitative estimate of drug-likeness (QED) is 0.332. The molecule has 5 aliphatic rings. The summed E-state index contributed by atoms with van der Waals surface area (Å²) in [5.74, 6) is -1.45. The number of anilines is 1. The van der Waals surface area contributed by atoms with Gasteiger partial charge in [0.05, 0.1) is 23.5 Å². The van der Waals surface area contributed by atoms with Crippen LogP contribution in [0.15, 0.2) is 36.5 Å². The van der Waals surface area contributed by atoms with Crippen LogP contribution < -0.4 is 29.7 Å². The van der Waals surface area contributed by atoms with Crippen LogP contribution in [0.4, 0.5) is 10.5 Å². The number of hydrogen-bond donors (Lipinski definition) is 3. The maximum absolute atomic E-state index is 15.0. The molecule has 7 rings (SSSR count). The Morgan fingerprint density at radius 3 is 2.59 bits per heavy atom. The monoisotopic (exact) mass is 822 g/mol. The van der Waals surface area contributed by atoms with Crippen molar-refractivity contribution in [3.8, 4) is 11.6 Å². The highest BCUT2D eigenvalue weighted by atomic mass is 32.2. The van der Waals surface area contributed by atoms with Gasteiger partial charge in [-0.3, -0.25) is 19.1 Å². The molecule has 2 aliphatic carbocycles. The molecule has 58 heavy (non-hydrogen) atoms. The smallest absolute Gasteiger partial charge is 0.408 e. The van der Waals surface area contributed by atoms with Gasteiger partial charge >= 0.3 is 6.09 Å². The second kappa shape index (κ2) is 15.5. The SMILES string of the molecule is CC[C@@H]1C[C@@H](C)CC/C=C\[C@@H]2C[C@@]2(C(=O)NS(=O)(=O)C2(C)CC2)NC(=O)[C@@H]2C[C@@H](Oc3nccc4c5c(ccc34)N(C)CCO5)CN2C(=O)[C@H]1NC(=O)OC(C)(C)C. The lowest BCUT2D eigenvalue weighted by atomic mass is 9.85. The van der Waals surface area contributed by atoms with Gasteiger partial charge in [-0.05, 0) is 96.3 Å². The first kappa shape index (κ1) is 41.6. The number of nitrogens with one attached hydrogen (secondary N) is 3. The molecule has 3 aliphatic heterocycles. The van der Waals surface area contributed by atoms with Crippen molar-refractivity contribution in [3.63, 3.8) is 0 Å². The number of sulfonamides is 1. The molecule has 4 amide bonds. The Kier molecular flexibility index (Phi) is 11.1. The average molecular weight is 823 g/mol. The van der Waals surface area contributed by atoms with Crippen LogP contribution in [-0.2, 0) is 29.1 Å². The summed E-state index contributed by atoms with van der Waals surface area (Å²) in [5, 5.41) is 7.32. The predicted molar refractivity (Wildman–Crippen MR) is 218 cm³/mol. The van der Waals surface area contributed by atoms with E-state index in [1.54, 1.807) is 33.9 Å². The topological polar surface area (TPSA) is 186 Å². The fourth-order valence-corrected chi connectivity index (χ4v) is 9.86. The fraction of sp³-hybridized carbons (Fsp3) is 0.643. The van der Waals surface area contributed by atoms with Gasteiger partial charge in [-0.2, -0.15) is 0 Å². The number of pyridine rings is 1. The lowest BCUT2D eigenvalue weighted by Gasteiger charge is -2.34. The Morgan fingerprint density at radius 2 is 1.88 bits per heavy atom. The first-order valence-electron chi connectivity index (χ1n) is 20.6. The molecule has 2 saturated carbocycles. The molecule has 0 bridgehead atoms. The molecule has 0 unspecified atom stereocenters. The number of hydrogen-bond acceptors (Lipinski definition) is 11. The highest BCUT2D eigenvalue weighted by molar-refractivity contribution is 7.91. The third-order valence-corrected chi connectivity index (χ3v) is 14.6. The van der Waals surface area contributed by atoms with Gasteiger partial charge in [0.2, 0.25) is 27.7 Å². The summed E-state index contributed by atoms with van der Waals surface area (Å²) in [6, 6.07) is 3.56. The van der Waals surface area contributed by atoms with Crippen molar-refractivity contribution in [2.75, 3.05) is 31.6 Å². The summed E-state index contributed by atoms with van der Waals surface area (Å²) in [6.07, 6.45) is 7.79. The normalized spacial score (nSPS) is 30.3. The highest BCUT2D eigenvalue weighted by Crippen LogP contribution is 2.48. The molecule has 1 aromatic carbocycles. The molecule has 316 valence electrons. The molecule has 4 heterocycles. The van der Waals surface area contributed by atoms with Crippen molar-refractivity contribution in [1.29, 1.82) is 0 Å². The van der Waals surface area contributed by atoms with Crippen LogP contribution in [0.2, 0.25) is 0 Å². The van der Waals surface area contributed by atoms with E-state index in [-0.39, 0.29) is 31.2 Å². The number of carbonyl (C=O) groups excluding carboxylic acids is 4. The van der Waals surface area contributed by atoms with Gasteiger partial charge in [0.25, 0.3) is 5.91 Å². The molecule has 2 aromatic rings. The van der Waals surface area contributed by atoms with Crippen LogP contribution in [0.5, 0.6) is 11.6 Å². The zero-order valence-corrected chi connectivity index (χ0v) is 35.4. The first-order chi connectivity index (χ1) is 27.3. The number of ether oxygens (including phenoxy) is 3. The minimum Gasteiger partial charge on any atom is -0.489 e. The number of carbonyl (C=O) groups is 4. The molecular formula is C42H58N6O9S. The number of aromatic nitrogens is 1. The van der Waals surface area contributed by atoms with Gasteiger partial charge in [-0.15, -0.1) is 0 Å². The molecule has 3 N–H and O–H groups in total. The second-order valence-corrected chi connectivity index (χ2v) is 20.4. The highest BCUT2D eigenvalue weighted by Gasteiger charge is 2.63. The lowest BCUT2D eigenvalue weighted by Crippen LogP contribution is -2.59. The number of benzene rings is 1. The number of alkyl carbamates (subject to hydrolysis) is 1. The fourth-order valence-electron chi connectivity index (χ4n) is 8.55. The van der Waals surface area contributed by atoms with E-state index < -0.39 is 73.8 Å². The number of likely N-dealkylation sites (N-methyl/N-ethyl adjacent to an activating group) is 1. The van der Waals surface area contributed by atoms with Crippen molar-refractivity contribution in [1.82, 2.24) is 25.2 Å². The molecular weight excluding hydrogens is 765 g/mol. The molecule has 0 radical (unpaired) electrons. The molecule has 1 aromatic heterocycles. The van der Waals surface area contributed by atoms with Crippen molar-refractivity contribution in [2.24, 2.45) is 17.8 Å². The maximum atomic E-state index is 15.0. The standard InChI is InChI=1S/C42H58N6O9S/c1-8-26-21-25(2)11-9-10-12-27-23-42(27,38(51)46-58(53,54)41(6)16-17-41)45-35(49)32-22-28(24-48(32)37(50)33(26)44-39(52)57-40(3,4)5)56-36-30-13-14-31-34(29(30)15-18-43-36)55-20-19-47(31)7/h10,12-15,18,25-28,32-33H,8-9,11,16-17,19-24H2,1-7H3,(H,44,52)(H,45,49)(H,46,51)/b12-10-/t25-,26+,27+,28+,32-,33-,42+/m0/s1. The van der Waals surface area contributed by atoms with Crippen LogP contribution in [-0.4, -0.2) is 103 Å². The van der Waals surface area contributed by atoms with Crippen molar-refractivity contribution in [3.05, 3.63) is 36.5 Å². The van der Waals surface area contributed by atoms with E-state index in [1.165, 1.54) is 4.90 Å². The Morgan fingerprint density at radius 1 is 1.12 bits per heavy atom. The molecule has 1 saturated heterocycles. The number of allylic oxidation sites excluding steroid dienone is 1. The zero-order valence-electron chi connectivity index (χ0n) is 34.6. The van der Waals surface area contributed by atoms with Crippen LogP contribution >= 0.6 is 0 Å². The zero-order chi connectivity index (χ0) is 41.8. The molecule has 0 spiro atoms. The van der Waals surface area contributed by atoms with Gasteiger partial charge in [-0.25, -0.2) is 18.2 Å². The van der Waals surface area contributed by atoms with E-state index in [9.17, 15) is 22.8 Å². The average Bonchev–Trinajstić information content (AvgIpc) is 4.04. The van der Waals surface area contributed by atoms with Crippen LogP contribution in [0, 0.1) is 17.8 Å². The van der Waals surface area contributed by atoms with Crippen molar-refractivity contribution < 1.29 is 41.8 Å². The number of nitrogens with zero attached hydrogens (tertiary/aromatic N) is 3. The van der Waals surface area contributed by atoms with Gasteiger partial charge in [0.1, 0.15) is 35.9 Å². The molecule has 15 nitrogen and oxygen atoms in total. The number of fused-ring (bicyclic) bond motifs is 5. The van der Waals surface area contributed by atoms with E-state index in [1.807, 2.05) is 44.3 Å². The van der Waals surface area contributed by atoms with Gasteiger partial charge in [0, 0.05) is 36.4 Å². The minimum absolute atomic E-state index is 0.0209. The van der Waals surface area contributed by atoms with Crippen LogP contribution in [0.25, 0.3) is 10.8 Å². The van der Waals surface area contributed by atoms with Gasteiger partial charge in [0.15, 0.2) is 5.75 Å². The Hall–Kier alpha value is -4.60. The minimum atomic E-state index is -4.01. The molecule has 7 atom stereocenters. The first-order valence-corrected chi connectivity index (χ1v) is 22.1. The summed E-state index contributed by atoms with van der Waals surface area (Å²) in [7, 11) is -2.00. The summed E-state index contributed by atoms with van der Waals surface area (Å²) < 4.78 is 46.1. The molecule has 3 fully saturated rings. The summed E-state index contributed by atoms with van der Waals surface area (Å²) in [6.45, 7) is 12.2. The lowest BCUT2D eigenvalue weighted by molar-refractivity contribution is -0.142. The number of rotatable bonds is 7. The summed E-state index contributed by atoms with van der Waals surface area (Å²) in [5.41, 5.74) is -1.41. The summed E-state index contributed by atoms with van der Waals surface area (Å²) >= 11 is 0. The largest absolute Gasteiger partial charge is 0.489 e. The van der Waals surface area contributed by atoms with E-state index in [4.69, 9.17) is 14.2 Å². The Bertz CT molecular complexity index is 2100. The Balaban J connectivity index is 1.24. The van der Waals surface area contributed by atoms with Crippen molar-refractivity contribution >= 4 is 50.3 Å². The van der Waals surface area contributed by atoms with Gasteiger partial charge in [-0.1, -0.05) is 32.4 Å². The Labute approximate surface area is 341 Å². The third kappa shape index (κ3) is 8.30. The third-order valence-electron chi connectivity index (χ3n) is 12.5. The number of amides is 4. The second-order valence-electron chi connectivity index (χ2n) is 18.2. The van der Waals surface area contributed by atoms with Gasteiger partial charge < -0.3 is 34.6 Å². The van der Waals surface area contributed by atoms with Crippen molar-refractivity contribution in [2.45, 2.75) is 127 Å². The van der Waals surface area contributed by atoms with E-state index in [0.717, 1.165) is 29.8 Å². The van der Waals surface area contributed by atoms with Crippen LogP contribution in [0.3, 0.4) is 0 Å². The van der Waals surface area contributed by atoms with E-state index in [0.29, 0.717) is 50.0 Å². The predicted octanol–water partition coefficient (Wildman–Crippen LogP) is 4.58. The molecule has 16 heteroatoms. The van der Waals surface area contributed by atoms with E-state index in [2.05, 4.69) is 32.2 Å². The van der Waals surface area contributed by atoms with Crippen LogP contribution in [0.1, 0.15) is 92.9 Å². The maximum Gasteiger partial charge on any atom is 0.408 e. The summed E-state index contributed by atoms with van der Waals surface area (Å²) in [4.78, 5) is 65.1.